The minimum Gasteiger partial charge on any atom is -0.389 e. The fourth-order valence-corrected chi connectivity index (χ4v) is 4.79. The molecule has 0 unspecified atom stereocenters. The first-order chi connectivity index (χ1) is 16.3. The van der Waals surface area contributed by atoms with E-state index >= 15 is 0 Å². The van der Waals surface area contributed by atoms with Crippen molar-refractivity contribution in [2.75, 3.05) is 10.6 Å². The summed E-state index contributed by atoms with van der Waals surface area (Å²) in [5.41, 5.74) is 0.00122. The summed E-state index contributed by atoms with van der Waals surface area (Å²) in [6, 6.07) is 24.3. The highest BCUT2D eigenvalue weighted by Crippen LogP contribution is 2.46. The van der Waals surface area contributed by atoms with E-state index in [1.165, 1.54) is 6.92 Å². The number of rotatable bonds is 5. The van der Waals surface area contributed by atoms with Gasteiger partial charge in [-0.05, 0) is 48.9 Å². The molecule has 3 aromatic carbocycles. The molecular formula is C27H25ClN2O4. The van der Waals surface area contributed by atoms with Crippen LogP contribution in [0.4, 0.5) is 11.4 Å². The van der Waals surface area contributed by atoms with Gasteiger partial charge < -0.3 is 15.7 Å². The van der Waals surface area contributed by atoms with Gasteiger partial charge in [0, 0.05) is 28.7 Å². The van der Waals surface area contributed by atoms with Gasteiger partial charge in [0.25, 0.3) is 0 Å². The highest BCUT2D eigenvalue weighted by Gasteiger charge is 2.55. The van der Waals surface area contributed by atoms with Crippen LogP contribution in [0.15, 0.2) is 84.9 Å². The van der Waals surface area contributed by atoms with Gasteiger partial charge in [-0.3, -0.25) is 14.4 Å². The number of Topliss-reactive ketones (excluding diaryl/α,β-unsaturated/α-hetero) is 1. The lowest BCUT2D eigenvalue weighted by atomic mass is 9.61. The van der Waals surface area contributed by atoms with Gasteiger partial charge in [-0.25, -0.2) is 0 Å². The number of carbonyl (C=O) groups is 3. The predicted molar refractivity (Wildman–Crippen MR) is 132 cm³/mol. The number of ketones is 1. The molecular weight excluding hydrogens is 452 g/mol. The number of nitrogens with one attached hydrogen (secondary N) is 2. The molecule has 0 bridgehead atoms. The largest absolute Gasteiger partial charge is 0.389 e. The molecule has 6 nitrogen and oxygen atoms in total. The molecule has 1 saturated carbocycles. The van der Waals surface area contributed by atoms with Gasteiger partial charge in [0.1, 0.15) is 11.7 Å². The zero-order valence-corrected chi connectivity index (χ0v) is 19.3. The number of aliphatic hydroxyl groups is 1. The fourth-order valence-electron chi connectivity index (χ4n) is 4.66. The van der Waals surface area contributed by atoms with Gasteiger partial charge >= 0.3 is 0 Å². The predicted octanol–water partition coefficient (Wildman–Crippen LogP) is 4.66. The lowest BCUT2D eigenvalue weighted by Gasteiger charge is -2.44. The fraction of sp³-hybridized carbons (Fsp3) is 0.222. The number of hydrogen-bond donors (Lipinski definition) is 3. The Morgan fingerprint density at radius 1 is 0.853 bits per heavy atom. The summed E-state index contributed by atoms with van der Waals surface area (Å²) in [6.45, 7) is 1.47. The topological polar surface area (TPSA) is 95.5 Å². The summed E-state index contributed by atoms with van der Waals surface area (Å²) in [5, 5.41) is 17.4. The van der Waals surface area contributed by atoms with Crippen LogP contribution in [0.25, 0.3) is 0 Å². The van der Waals surface area contributed by atoms with Crippen LogP contribution in [-0.4, -0.2) is 28.3 Å². The minimum absolute atomic E-state index is 0.323. The molecule has 174 valence electrons. The highest BCUT2D eigenvalue weighted by molar-refractivity contribution is 6.30. The molecule has 4 atom stereocenters. The lowest BCUT2D eigenvalue weighted by molar-refractivity contribution is -0.150. The van der Waals surface area contributed by atoms with E-state index in [0.29, 0.717) is 22.0 Å². The molecule has 4 rings (SSSR count). The molecule has 1 aliphatic carbocycles. The van der Waals surface area contributed by atoms with Gasteiger partial charge in [-0.2, -0.15) is 0 Å². The molecule has 0 spiro atoms. The summed E-state index contributed by atoms with van der Waals surface area (Å²) in [4.78, 5) is 40.2. The van der Waals surface area contributed by atoms with E-state index in [9.17, 15) is 19.5 Å². The third-order valence-corrected chi connectivity index (χ3v) is 6.42. The molecule has 1 fully saturated rings. The zero-order chi connectivity index (χ0) is 24.3. The van der Waals surface area contributed by atoms with Crippen LogP contribution < -0.4 is 10.6 Å². The maximum atomic E-state index is 13.5. The highest BCUT2D eigenvalue weighted by atomic mass is 35.5. The van der Waals surface area contributed by atoms with Crippen LogP contribution in [0.2, 0.25) is 5.02 Å². The van der Waals surface area contributed by atoms with E-state index in [1.54, 1.807) is 72.8 Å². The summed E-state index contributed by atoms with van der Waals surface area (Å²) in [7, 11) is 0. The summed E-state index contributed by atoms with van der Waals surface area (Å²) in [5.74, 6) is -4.57. The SMILES string of the molecule is C[C@]1(O)CC(=O)[C@H](C(=O)Nc2ccccc2)[C@H](c2ccc(Cl)cc2)[C@@H]1C(=O)Nc1ccccc1. The maximum absolute atomic E-state index is 13.5. The average molecular weight is 477 g/mol. The van der Waals surface area contributed by atoms with Crippen LogP contribution in [0.5, 0.6) is 0 Å². The second-order valence-corrected chi connectivity index (χ2v) is 9.18. The Kier molecular flexibility index (Phi) is 6.82. The van der Waals surface area contributed by atoms with Crippen LogP contribution in [0, 0.1) is 11.8 Å². The molecule has 3 N–H and O–H groups in total. The van der Waals surface area contributed by atoms with Crippen LogP contribution in [0.1, 0.15) is 24.8 Å². The van der Waals surface area contributed by atoms with Crippen molar-refractivity contribution in [3.63, 3.8) is 0 Å². The Morgan fingerprint density at radius 3 is 1.88 bits per heavy atom. The van der Waals surface area contributed by atoms with E-state index < -0.39 is 41.0 Å². The second kappa shape index (κ2) is 9.79. The third-order valence-electron chi connectivity index (χ3n) is 6.17. The maximum Gasteiger partial charge on any atom is 0.235 e. The van der Waals surface area contributed by atoms with E-state index in [-0.39, 0.29) is 6.42 Å². The molecule has 2 amide bonds. The number of benzene rings is 3. The Morgan fingerprint density at radius 2 is 1.35 bits per heavy atom. The number of hydrogen-bond acceptors (Lipinski definition) is 4. The first-order valence-electron chi connectivity index (χ1n) is 11.0. The van der Waals surface area contributed by atoms with Crippen LogP contribution >= 0.6 is 11.6 Å². The Hall–Kier alpha value is -3.48. The van der Waals surface area contributed by atoms with Crippen molar-refractivity contribution in [2.45, 2.75) is 24.9 Å². The van der Waals surface area contributed by atoms with Gasteiger partial charge in [-0.1, -0.05) is 60.1 Å². The van der Waals surface area contributed by atoms with E-state index in [4.69, 9.17) is 11.6 Å². The van der Waals surface area contributed by atoms with E-state index in [2.05, 4.69) is 10.6 Å². The molecule has 7 heteroatoms. The molecule has 0 saturated heterocycles. The normalized spacial score (nSPS) is 24.3. The Labute approximate surface area is 203 Å². The lowest BCUT2D eigenvalue weighted by Crippen LogP contribution is -2.56. The van der Waals surface area contributed by atoms with Crippen molar-refractivity contribution in [2.24, 2.45) is 11.8 Å². The summed E-state index contributed by atoms with van der Waals surface area (Å²) >= 11 is 6.07. The first-order valence-corrected chi connectivity index (χ1v) is 11.4. The van der Waals surface area contributed by atoms with Gasteiger partial charge in [0.05, 0.1) is 11.5 Å². The van der Waals surface area contributed by atoms with Crippen LogP contribution in [-0.2, 0) is 14.4 Å². The van der Waals surface area contributed by atoms with Crippen molar-refractivity contribution in [3.05, 3.63) is 95.5 Å². The number of anilines is 2. The molecule has 0 aliphatic heterocycles. The van der Waals surface area contributed by atoms with Crippen molar-refractivity contribution < 1.29 is 19.5 Å². The first kappa shape index (κ1) is 23.7. The Bertz CT molecular complexity index is 1180. The summed E-state index contributed by atoms with van der Waals surface area (Å²) in [6.07, 6.45) is -0.323. The van der Waals surface area contributed by atoms with Crippen molar-refractivity contribution in [3.8, 4) is 0 Å². The molecule has 0 radical (unpaired) electrons. The zero-order valence-electron chi connectivity index (χ0n) is 18.6. The van der Waals surface area contributed by atoms with Gasteiger partial charge in [0.2, 0.25) is 11.8 Å². The number of para-hydroxylation sites is 2. The van der Waals surface area contributed by atoms with Gasteiger partial charge in [0.15, 0.2) is 0 Å². The van der Waals surface area contributed by atoms with Crippen molar-refractivity contribution in [1.82, 2.24) is 0 Å². The average Bonchev–Trinajstić information content (AvgIpc) is 2.79. The monoisotopic (exact) mass is 476 g/mol. The molecule has 1 aliphatic rings. The third kappa shape index (κ3) is 5.03. The molecule has 3 aromatic rings. The summed E-state index contributed by atoms with van der Waals surface area (Å²) < 4.78 is 0. The van der Waals surface area contributed by atoms with Gasteiger partial charge in [-0.15, -0.1) is 0 Å². The number of amides is 2. The molecule has 0 aromatic heterocycles. The van der Waals surface area contributed by atoms with E-state index in [0.717, 1.165) is 0 Å². The van der Waals surface area contributed by atoms with Crippen LogP contribution in [0.3, 0.4) is 0 Å². The Balaban J connectivity index is 1.76. The standard InChI is InChI=1S/C27H25ClN2O4/c1-27(34)16-21(31)23(25(32)29-19-8-4-2-5-9-19)22(17-12-14-18(28)15-13-17)24(27)26(33)30-20-10-6-3-7-11-20/h2-15,22-24,34H,16H2,1H3,(H,29,32)(H,30,33)/t22-,23-,24+,27-/m0/s1. The van der Waals surface area contributed by atoms with Crippen molar-refractivity contribution in [1.29, 1.82) is 0 Å². The molecule has 0 heterocycles. The van der Waals surface area contributed by atoms with Crippen molar-refractivity contribution >= 4 is 40.6 Å². The second-order valence-electron chi connectivity index (χ2n) is 8.74. The van der Waals surface area contributed by atoms with E-state index in [1.807, 2.05) is 12.1 Å². The molecule has 34 heavy (non-hydrogen) atoms. The number of halogens is 1. The number of carbonyl (C=O) groups excluding carboxylic acids is 3. The smallest absolute Gasteiger partial charge is 0.235 e. The minimum atomic E-state index is -1.66. The quantitative estimate of drug-likeness (QED) is 0.467.